The zero-order valence-corrected chi connectivity index (χ0v) is 15.8. The summed E-state index contributed by atoms with van der Waals surface area (Å²) in [5.74, 6) is 0.264. The van der Waals surface area contributed by atoms with Crippen molar-refractivity contribution in [3.8, 4) is 22.5 Å². The van der Waals surface area contributed by atoms with E-state index in [1.54, 1.807) is 12.1 Å². The minimum atomic E-state index is -0.339. The van der Waals surface area contributed by atoms with Crippen molar-refractivity contribution in [1.29, 1.82) is 0 Å². The highest BCUT2D eigenvalue weighted by Crippen LogP contribution is 2.30. The number of hydrogen-bond donors (Lipinski definition) is 0. The third-order valence-electron chi connectivity index (χ3n) is 4.52. The van der Waals surface area contributed by atoms with Crippen molar-refractivity contribution >= 4 is 21.6 Å². The number of halogens is 1. The highest BCUT2D eigenvalue weighted by molar-refractivity contribution is 7.17. The molecule has 0 bridgehead atoms. The lowest BCUT2D eigenvalue weighted by Crippen LogP contribution is -2.21. The van der Waals surface area contributed by atoms with E-state index in [2.05, 4.69) is 15.1 Å². The summed E-state index contributed by atoms with van der Waals surface area (Å²) < 4.78 is 19.8. The van der Waals surface area contributed by atoms with E-state index < -0.39 is 0 Å². The van der Waals surface area contributed by atoms with Gasteiger partial charge in [0.15, 0.2) is 0 Å². The van der Waals surface area contributed by atoms with Gasteiger partial charge in [-0.3, -0.25) is 9.36 Å². The van der Waals surface area contributed by atoms with Gasteiger partial charge in [0.05, 0.1) is 11.7 Å². The summed E-state index contributed by atoms with van der Waals surface area (Å²) >= 11 is 1.43. The summed E-state index contributed by atoms with van der Waals surface area (Å²) in [5, 5.41) is 6.43. The van der Waals surface area contributed by atoms with E-state index in [-0.39, 0.29) is 23.8 Å². The van der Waals surface area contributed by atoms with Crippen LogP contribution in [0.5, 0.6) is 0 Å². The van der Waals surface area contributed by atoms with Gasteiger partial charge in [-0.25, -0.2) is 9.37 Å². The van der Waals surface area contributed by atoms with E-state index in [1.807, 2.05) is 35.7 Å². The zero-order chi connectivity index (χ0) is 19.8. The van der Waals surface area contributed by atoms with Crippen LogP contribution in [0.4, 0.5) is 4.39 Å². The third kappa shape index (κ3) is 3.23. The number of fused-ring (bicyclic) bond motifs is 1. The summed E-state index contributed by atoms with van der Waals surface area (Å²) in [6, 6.07) is 15.5. The predicted octanol–water partition coefficient (Wildman–Crippen LogP) is 4.36. The Bertz CT molecular complexity index is 1360. The molecule has 0 aliphatic rings. The van der Waals surface area contributed by atoms with Crippen molar-refractivity contribution in [2.45, 2.75) is 6.54 Å². The molecule has 0 saturated carbocycles. The number of benzene rings is 2. The van der Waals surface area contributed by atoms with Gasteiger partial charge >= 0.3 is 0 Å². The molecule has 142 valence electrons. The number of rotatable bonds is 4. The number of hydrogen-bond acceptors (Lipinski definition) is 6. The van der Waals surface area contributed by atoms with Crippen molar-refractivity contribution in [3.63, 3.8) is 0 Å². The predicted molar refractivity (Wildman–Crippen MR) is 108 cm³/mol. The Balaban J connectivity index is 1.51. The summed E-state index contributed by atoms with van der Waals surface area (Å²) in [6.07, 6.45) is 1.48. The molecule has 0 atom stereocenters. The summed E-state index contributed by atoms with van der Waals surface area (Å²) in [4.78, 5) is 22.5. The Morgan fingerprint density at radius 3 is 2.62 bits per heavy atom. The largest absolute Gasteiger partial charge is 0.337 e. The fraction of sp³-hybridized carbons (Fsp3) is 0.0476. The van der Waals surface area contributed by atoms with Gasteiger partial charge in [0, 0.05) is 16.5 Å². The van der Waals surface area contributed by atoms with Crippen molar-refractivity contribution in [2.24, 2.45) is 0 Å². The quantitative estimate of drug-likeness (QED) is 0.445. The Morgan fingerprint density at radius 1 is 1.03 bits per heavy atom. The highest BCUT2D eigenvalue weighted by atomic mass is 32.1. The standard InChI is InChI=1S/C21H13FN4O2S/c22-15-8-6-14(7-9-15)19-24-17(28-25-19)10-26-12-23-20-18(21(26)27)16(11-29-20)13-4-2-1-3-5-13/h1-9,11-12H,10H2. The summed E-state index contributed by atoms with van der Waals surface area (Å²) in [5.41, 5.74) is 2.28. The second-order valence-electron chi connectivity index (χ2n) is 6.39. The van der Waals surface area contributed by atoms with E-state index in [9.17, 15) is 9.18 Å². The van der Waals surface area contributed by atoms with E-state index in [1.165, 1.54) is 34.4 Å². The summed E-state index contributed by atoms with van der Waals surface area (Å²) in [7, 11) is 0. The second kappa shape index (κ2) is 7.06. The van der Waals surface area contributed by atoms with Gasteiger partial charge < -0.3 is 4.52 Å². The molecular weight excluding hydrogens is 391 g/mol. The van der Waals surface area contributed by atoms with Crippen LogP contribution in [0.15, 0.2) is 75.6 Å². The number of thiophene rings is 1. The molecular formula is C21H13FN4O2S. The van der Waals surface area contributed by atoms with Crippen LogP contribution in [-0.2, 0) is 6.54 Å². The lowest BCUT2D eigenvalue weighted by atomic mass is 10.1. The van der Waals surface area contributed by atoms with Crippen LogP contribution in [0.1, 0.15) is 5.89 Å². The molecule has 0 saturated heterocycles. The Hall–Kier alpha value is -3.65. The maximum absolute atomic E-state index is 13.1. The van der Waals surface area contributed by atoms with Crippen molar-refractivity contribution < 1.29 is 8.91 Å². The fourth-order valence-corrected chi connectivity index (χ4v) is 4.00. The van der Waals surface area contributed by atoms with Gasteiger partial charge in [-0.15, -0.1) is 11.3 Å². The average Bonchev–Trinajstić information content (AvgIpc) is 3.39. The molecule has 0 aliphatic heterocycles. The van der Waals surface area contributed by atoms with Gasteiger partial charge in [0.2, 0.25) is 11.7 Å². The molecule has 6 nitrogen and oxygen atoms in total. The van der Waals surface area contributed by atoms with E-state index in [0.29, 0.717) is 21.6 Å². The maximum Gasteiger partial charge on any atom is 0.263 e. The van der Waals surface area contributed by atoms with Crippen molar-refractivity contribution in [2.75, 3.05) is 0 Å². The first-order valence-corrected chi connectivity index (χ1v) is 9.67. The fourth-order valence-electron chi connectivity index (χ4n) is 3.09. The smallest absolute Gasteiger partial charge is 0.263 e. The van der Waals surface area contributed by atoms with Crippen LogP contribution in [-0.4, -0.2) is 19.7 Å². The maximum atomic E-state index is 13.1. The topological polar surface area (TPSA) is 73.8 Å². The van der Waals surface area contributed by atoms with Crippen LogP contribution in [0.25, 0.3) is 32.7 Å². The Labute approximate surface area is 167 Å². The first-order chi connectivity index (χ1) is 14.2. The first kappa shape index (κ1) is 17.4. The van der Waals surface area contributed by atoms with Crippen molar-refractivity contribution in [1.82, 2.24) is 19.7 Å². The van der Waals surface area contributed by atoms with Gasteiger partial charge in [-0.05, 0) is 29.8 Å². The second-order valence-corrected chi connectivity index (χ2v) is 7.25. The molecule has 3 heterocycles. The van der Waals surface area contributed by atoms with Crippen LogP contribution in [0.3, 0.4) is 0 Å². The molecule has 0 N–H and O–H groups in total. The SMILES string of the molecule is O=c1c2c(-c3ccccc3)csc2ncn1Cc1nc(-c2ccc(F)cc2)no1. The first-order valence-electron chi connectivity index (χ1n) is 8.79. The molecule has 3 aromatic heterocycles. The van der Waals surface area contributed by atoms with Gasteiger partial charge in [-0.2, -0.15) is 4.98 Å². The molecule has 0 spiro atoms. The summed E-state index contributed by atoms with van der Waals surface area (Å²) in [6.45, 7) is 0.0973. The third-order valence-corrected chi connectivity index (χ3v) is 5.41. The van der Waals surface area contributed by atoms with E-state index >= 15 is 0 Å². The number of nitrogens with zero attached hydrogens (tertiary/aromatic N) is 4. The van der Waals surface area contributed by atoms with Gasteiger partial charge in [-0.1, -0.05) is 35.5 Å². The molecule has 5 aromatic rings. The van der Waals surface area contributed by atoms with E-state index in [0.717, 1.165) is 11.1 Å². The van der Waals surface area contributed by atoms with Crippen molar-refractivity contribution in [3.05, 3.63) is 88.4 Å². The molecule has 8 heteroatoms. The molecule has 2 aromatic carbocycles. The van der Waals surface area contributed by atoms with Crippen LogP contribution in [0.2, 0.25) is 0 Å². The molecule has 0 unspecified atom stereocenters. The van der Waals surface area contributed by atoms with Gasteiger partial charge in [0.25, 0.3) is 5.56 Å². The minimum absolute atomic E-state index is 0.0973. The van der Waals surface area contributed by atoms with Crippen LogP contribution in [0, 0.1) is 5.82 Å². The van der Waals surface area contributed by atoms with Crippen LogP contribution < -0.4 is 5.56 Å². The van der Waals surface area contributed by atoms with Gasteiger partial charge in [0.1, 0.15) is 17.2 Å². The van der Waals surface area contributed by atoms with E-state index in [4.69, 9.17) is 4.52 Å². The number of aromatic nitrogens is 4. The normalized spacial score (nSPS) is 11.2. The lowest BCUT2D eigenvalue weighted by molar-refractivity contribution is 0.369. The minimum Gasteiger partial charge on any atom is -0.337 e. The molecule has 0 amide bonds. The molecule has 0 radical (unpaired) electrons. The molecule has 0 fully saturated rings. The monoisotopic (exact) mass is 404 g/mol. The molecule has 5 rings (SSSR count). The molecule has 0 aliphatic carbocycles. The van der Waals surface area contributed by atoms with Crippen LogP contribution >= 0.6 is 11.3 Å². The molecule has 29 heavy (non-hydrogen) atoms. The highest BCUT2D eigenvalue weighted by Gasteiger charge is 2.15. The Morgan fingerprint density at radius 2 is 1.83 bits per heavy atom. The lowest BCUT2D eigenvalue weighted by Gasteiger charge is -2.03. The Kier molecular flexibility index (Phi) is 4.25. The zero-order valence-electron chi connectivity index (χ0n) is 14.9. The average molecular weight is 404 g/mol.